The largest absolute Gasteiger partial charge is 0.384 e. The summed E-state index contributed by atoms with van der Waals surface area (Å²) in [6, 6.07) is 19.4. The molecule has 258 valence electrons. The number of amidine groups is 1. The molecule has 4 rings (SSSR count). The van der Waals surface area contributed by atoms with Crippen molar-refractivity contribution in [2.75, 3.05) is 13.1 Å². The maximum Gasteiger partial charge on any atom is 0.241 e. The number of sulfonamides is 1. The summed E-state index contributed by atoms with van der Waals surface area (Å²) in [6.45, 7) is 13.1. The molecule has 0 spiro atoms. The minimum Gasteiger partial charge on any atom is -0.384 e. The van der Waals surface area contributed by atoms with Gasteiger partial charge in [-0.3, -0.25) is 15.0 Å². The van der Waals surface area contributed by atoms with Gasteiger partial charge < -0.3 is 16.0 Å². The first-order valence-corrected chi connectivity index (χ1v) is 18.4. The van der Waals surface area contributed by atoms with E-state index in [0.717, 1.165) is 22.3 Å². The molecule has 1 aliphatic heterocycles. The van der Waals surface area contributed by atoms with Gasteiger partial charge >= 0.3 is 0 Å². The summed E-state index contributed by atoms with van der Waals surface area (Å²) in [5.74, 6) is -0.982. The van der Waals surface area contributed by atoms with Gasteiger partial charge in [-0.25, -0.2) is 8.42 Å². The molecule has 1 aliphatic rings. The van der Waals surface area contributed by atoms with E-state index < -0.39 is 22.0 Å². The third kappa shape index (κ3) is 9.11. The number of nitrogens with zero attached hydrogens (tertiary/aromatic N) is 1. The molecule has 1 heterocycles. The number of likely N-dealkylation sites (tertiary alicyclic amines) is 1. The standard InChI is InChI=1S/C38H51N5O4S/c1-24(2)31-20-32(25(3)4)35(33(21-31)26(5)6)48(46,47)42-34(19-28-14-10-15-29(18-28)36(39)40)38(45)43-17-11-16-30(23-43)37(44)41-22-27-12-8-7-9-13-27/h7-10,12-15,18,20-21,24-26,30,34,42H,11,16-17,19,22-23H2,1-6H3,(H3,39,40)(H,41,44)/t30-,34-/m0/s1. The normalized spacial score (nSPS) is 15.9. The Morgan fingerprint density at radius 1 is 0.896 bits per heavy atom. The Bertz CT molecular complexity index is 1690. The van der Waals surface area contributed by atoms with Crippen LogP contribution < -0.4 is 15.8 Å². The van der Waals surface area contributed by atoms with Gasteiger partial charge in [-0.2, -0.15) is 4.72 Å². The number of piperidine rings is 1. The van der Waals surface area contributed by atoms with E-state index in [-0.39, 0.29) is 53.3 Å². The molecular formula is C38H51N5O4S. The van der Waals surface area contributed by atoms with Gasteiger partial charge in [0.1, 0.15) is 11.9 Å². The molecule has 0 radical (unpaired) electrons. The van der Waals surface area contributed by atoms with Gasteiger partial charge in [-0.1, -0.05) is 102 Å². The Morgan fingerprint density at radius 2 is 1.52 bits per heavy atom. The number of nitrogens with two attached hydrogens (primary N) is 1. The molecule has 48 heavy (non-hydrogen) atoms. The number of hydrogen-bond donors (Lipinski definition) is 4. The number of hydrogen-bond acceptors (Lipinski definition) is 5. The first-order chi connectivity index (χ1) is 22.7. The molecule has 0 saturated carbocycles. The van der Waals surface area contributed by atoms with Crippen molar-refractivity contribution >= 4 is 27.7 Å². The summed E-state index contributed by atoms with van der Waals surface area (Å²) in [6.07, 6.45) is 1.32. The Kier molecular flexibility index (Phi) is 12.2. The van der Waals surface area contributed by atoms with Crippen LogP contribution in [-0.2, 0) is 32.6 Å². The van der Waals surface area contributed by atoms with Gasteiger partial charge in [-0.05, 0) is 70.9 Å². The lowest BCUT2D eigenvalue weighted by Crippen LogP contribution is -2.53. The molecule has 0 aliphatic carbocycles. The predicted molar refractivity (Wildman–Crippen MR) is 192 cm³/mol. The lowest BCUT2D eigenvalue weighted by atomic mass is 9.89. The number of nitrogens with one attached hydrogen (secondary N) is 3. The van der Waals surface area contributed by atoms with Crippen molar-refractivity contribution in [1.29, 1.82) is 5.41 Å². The zero-order valence-corrected chi connectivity index (χ0v) is 29.9. The highest BCUT2D eigenvalue weighted by atomic mass is 32.2. The van der Waals surface area contributed by atoms with E-state index in [0.29, 0.717) is 37.1 Å². The maximum absolute atomic E-state index is 14.5. The fourth-order valence-corrected chi connectivity index (χ4v) is 8.15. The van der Waals surface area contributed by atoms with Crippen LogP contribution in [0.25, 0.3) is 0 Å². The SMILES string of the molecule is CC(C)c1cc(C(C)C)c(S(=O)(=O)N[C@@H](Cc2cccc(C(=N)N)c2)C(=O)N2CCC[C@H](C(=O)NCc3ccccc3)C2)c(C(C)C)c1. The van der Waals surface area contributed by atoms with Crippen molar-refractivity contribution in [3.8, 4) is 0 Å². The van der Waals surface area contributed by atoms with Gasteiger partial charge in [0, 0.05) is 25.2 Å². The van der Waals surface area contributed by atoms with Crippen LogP contribution in [0.1, 0.15) is 106 Å². The summed E-state index contributed by atoms with van der Waals surface area (Å²) >= 11 is 0. The molecule has 3 aromatic carbocycles. The zero-order chi connectivity index (χ0) is 35.2. The van der Waals surface area contributed by atoms with Crippen molar-refractivity contribution in [2.45, 2.75) is 96.0 Å². The van der Waals surface area contributed by atoms with Crippen LogP contribution in [0.2, 0.25) is 0 Å². The zero-order valence-electron chi connectivity index (χ0n) is 29.0. The van der Waals surface area contributed by atoms with Crippen LogP contribution in [0.3, 0.4) is 0 Å². The highest BCUT2D eigenvalue weighted by Crippen LogP contribution is 2.35. The smallest absolute Gasteiger partial charge is 0.241 e. The van der Waals surface area contributed by atoms with Crippen molar-refractivity contribution in [1.82, 2.24) is 14.9 Å². The van der Waals surface area contributed by atoms with Crippen LogP contribution in [0.15, 0.2) is 71.6 Å². The number of rotatable bonds is 13. The van der Waals surface area contributed by atoms with E-state index in [2.05, 4.69) is 23.9 Å². The lowest BCUT2D eigenvalue weighted by Gasteiger charge is -2.35. The van der Waals surface area contributed by atoms with Crippen molar-refractivity contribution in [3.05, 3.63) is 100 Å². The van der Waals surface area contributed by atoms with E-state index in [1.165, 1.54) is 0 Å². The van der Waals surface area contributed by atoms with Crippen LogP contribution in [0.4, 0.5) is 0 Å². The molecule has 5 N–H and O–H groups in total. The summed E-state index contributed by atoms with van der Waals surface area (Å²) in [7, 11) is -4.20. The van der Waals surface area contributed by atoms with Gasteiger partial charge in [0.2, 0.25) is 21.8 Å². The van der Waals surface area contributed by atoms with Crippen molar-refractivity contribution < 1.29 is 18.0 Å². The predicted octanol–water partition coefficient (Wildman–Crippen LogP) is 5.79. The highest BCUT2D eigenvalue weighted by Gasteiger charge is 2.36. The van der Waals surface area contributed by atoms with Crippen LogP contribution >= 0.6 is 0 Å². The Balaban J connectivity index is 1.68. The lowest BCUT2D eigenvalue weighted by molar-refractivity contribution is -0.137. The van der Waals surface area contributed by atoms with E-state index in [9.17, 15) is 18.0 Å². The Labute approximate surface area is 286 Å². The topological polar surface area (TPSA) is 145 Å². The summed E-state index contributed by atoms with van der Waals surface area (Å²) in [5, 5.41) is 10.9. The molecule has 0 aromatic heterocycles. The molecule has 1 fully saturated rings. The summed E-state index contributed by atoms with van der Waals surface area (Å²) < 4.78 is 31.9. The number of carbonyl (C=O) groups is 2. The number of carbonyl (C=O) groups excluding carboxylic acids is 2. The van der Waals surface area contributed by atoms with Gasteiger partial charge in [0.05, 0.1) is 10.8 Å². The van der Waals surface area contributed by atoms with Crippen LogP contribution in [-0.4, -0.2) is 50.1 Å². The molecule has 3 aromatic rings. The van der Waals surface area contributed by atoms with E-state index in [1.54, 1.807) is 29.2 Å². The third-order valence-electron chi connectivity index (χ3n) is 9.03. The number of amides is 2. The summed E-state index contributed by atoms with van der Waals surface area (Å²) in [5.41, 5.74) is 10.4. The first kappa shape index (κ1) is 36.8. The van der Waals surface area contributed by atoms with Crippen LogP contribution in [0.5, 0.6) is 0 Å². The minimum absolute atomic E-state index is 0.0542. The Hall–Kier alpha value is -4.02. The molecule has 10 heteroatoms. The minimum atomic E-state index is -4.20. The second-order valence-electron chi connectivity index (χ2n) is 13.8. The van der Waals surface area contributed by atoms with E-state index >= 15 is 0 Å². The van der Waals surface area contributed by atoms with E-state index in [4.69, 9.17) is 11.1 Å². The van der Waals surface area contributed by atoms with Gasteiger partial charge in [0.15, 0.2) is 0 Å². The highest BCUT2D eigenvalue weighted by molar-refractivity contribution is 7.89. The van der Waals surface area contributed by atoms with Crippen molar-refractivity contribution in [3.63, 3.8) is 0 Å². The maximum atomic E-state index is 14.5. The van der Waals surface area contributed by atoms with E-state index in [1.807, 2.05) is 70.2 Å². The average Bonchev–Trinajstić information content (AvgIpc) is 3.06. The molecule has 2 atom stereocenters. The monoisotopic (exact) mass is 673 g/mol. The first-order valence-electron chi connectivity index (χ1n) is 16.9. The second-order valence-corrected chi connectivity index (χ2v) is 15.5. The second kappa shape index (κ2) is 15.9. The van der Waals surface area contributed by atoms with Crippen molar-refractivity contribution in [2.24, 2.45) is 11.7 Å². The molecule has 1 saturated heterocycles. The molecular weight excluding hydrogens is 623 g/mol. The Morgan fingerprint density at radius 3 is 2.10 bits per heavy atom. The molecule has 2 amide bonds. The number of nitrogen functional groups attached to an aromatic ring is 1. The number of benzene rings is 3. The molecule has 0 bridgehead atoms. The molecule has 0 unspecified atom stereocenters. The van der Waals surface area contributed by atoms with Crippen LogP contribution in [0, 0.1) is 11.3 Å². The average molecular weight is 674 g/mol. The fraction of sp³-hybridized carbons (Fsp3) is 0.447. The molecule has 9 nitrogen and oxygen atoms in total. The third-order valence-corrected chi connectivity index (χ3v) is 10.6. The quantitative estimate of drug-likeness (QED) is 0.134. The fourth-order valence-electron chi connectivity index (χ4n) is 6.27. The van der Waals surface area contributed by atoms with Gasteiger partial charge in [-0.15, -0.1) is 0 Å². The van der Waals surface area contributed by atoms with Gasteiger partial charge in [0.25, 0.3) is 0 Å². The summed E-state index contributed by atoms with van der Waals surface area (Å²) in [4.78, 5) is 29.4.